The summed E-state index contributed by atoms with van der Waals surface area (Å²) in [6.45, 7) is 0.440. The summed E-state index contributed by atoms with van der Waals surface area (Å²) >= 11 is 0. The van der Waals surface area contributed by atoms with Crippen LogP contribution in [0.3, 0.4) is 0 Å². The maximum Gasteiger partial charge on any atom is 0.270 e. The molecule has 23 heavy (non-hydrogen) atoms. The van der Waals surface area contributed by atoms with E-state index >= 15 is 0 Å². The summed E-state index contributed by atoms with van der Waals surface area (Å²) in [5, 5.41) is 11.0. The molecule has 1 aliphatic rings. The molecule has 0 unspecified atom stereocenters. The molecule has 0 bridgehead atoms. The van der Waals surface area contributed by atoms with Gasteiger partial charge in [0.05, 0.1) is 11.5 Å². The number of carbonyl (C=O) groups excluding carboxylic acids is 1. The number of rotatable bonds is 5. The van der Waals surface area contributed by atoms with Crippen LogP contribution in [0.15, 0.2) is 36.4 Å². The second-order valence-electron chi connectivity index (χ2n) is 4.94. The maximum atomic E-state index is 11.0. The molecule has 118 valence electrons. The van der Waals surface area contributed by atoms with Crippen LogP contribution in [0.5, 0.6) is 11.5 Å². The summed E-state index contributed by atoms with van der Waals surface area (Å²) in [7, 11) is 0. The second kappa shape index (κ2) is 6.45. The van der Waals surface area contributed by atoms with Crippen LogP contribution in [0.1, 0.15) is 21.5 Å². The lowest BCUT2D eigenvalue weighted by Crippen LogP contribution is -2.14. The number of ether oxygens (including phenoxy) is 3. The Hall–Kier alpha value is -2.93. The Morgan fingerprint density at radius 1 is 1.30 bits per heavy atom. The number of aldehydes is 1. The molecule has 0 spiro atoms. The van der Waals surface area contributed by atoms with E-state index in [1.807, 2.05) is 0 Å². The van der Waals surface area contributed by atoms with Crippen molar-refractivity contribution in [3.05, 3.63) is 63.2 Å². The van der Waals surface area contributed by atoms with Gasteiger partial charge in [0.25, 0.3) is 5.69 Å². The van der Waals surface area contributed by atoms with Crippen molar-refractivity contribution in [3.8, 4) is 11.5 Å². The molecule has 1 heterocycles. The van der Waals surface area contributed by atoms with Gasteiger partial charge in [-0.15, -0.1) is 0 Å². The number of nitro benzene ring substituents is 1. The summed E-state index contributed by atoms with van der Waals surface area (Å²) in [5.74, 6) is 1.05. The molecule has 2 aromatic carbocycles. The van der Waals surface area contributed by atoms with E-state index < -0.39 is 4.92 Å². The first kappa shape index (κ1) is 15.0. The van der Waals surface area contributed by atoms with E-state index in [2.05, 4.69) is 0 Å². The molecular weight excluding hydrogens is 302 g/mol. The van der Waals surface area contributed by atoms with Gasteiger partial charge in [-0.05, 0) is 12.1 Å². The molecule has 0 fully saturated rings. The van der Waals surface area contributed by atoms with Gasteiger partial charge in [0, 0.05) is 28.8 Å². The largest absolute Gasteiger partial charge is 0.489 e. The number of fused-ring (bicyclic) bond motifs is 1. The minimum atomic E-state index is -0.467. The summed E-state index contributed by atoms with van der Waals surface area (Å²) in [4.78, 5) is 21.4. The molecule has 0 saturated heterocycles. The first-order valence-corrected chi connectivity index (χ1v) is 6.86. The average Bonchev–Trinajstić information content (AvgIpc) is 2.59. The minimum absolute atomic E-state index is 0.0434. The highest BCUT2D eigenvalue weighted by molar-refractivity contribution is 5.75. The third kappa shape index (κ3) is 3.29. The van der Waals surface area contributed by atoms with Gasteiger partial charge in [-0.2, -0.15) is 0 Å². The van der Waals surface area contributed by atoms with Crippen molar-refractivity contribution in [1.29, 1.82) is 0 Å². The van der Waals surface area contributed by atoms with Crippen LogP contribution in [-0.4, -0.2) is 18.0 Å². The van der Waals surface area contributed by atoms with E-state index in [9.17, 15) is 14.9 Å². The standard InChI is InChI=1S/C16H13NO6/c18-7-11-2-1-3-15(4-11)22-9-13-6-14(17(19)20)5-12-8-21-10-23-16(12)13/h1-7H,8-10H2. The molecule has 1 aliphatic heterocycles. The van der Waals surface area contributed by atoms with E-state index in [4.69, 9.17) is 14.2 Å². The Labute approximate surface area is 131 Å². The lowest BCUT2D eigenvalue weighted by atomic mass is 10.1. The fourth-order valence-corrected chi connectivity index (χ4v) is 2.33. The van der Waals surface area contributed by atoms with Gasteiger partial charge in [-0.1, -0.05) is 12.1 Å². The molecule has 0 N–H and O–H groups in total. The summed E-state index contributed by atoms with van der Waals surface area (Å²) in [6.07, 6.45) is 0.725. The number of benzene rings is 2. The molecule has 3 rings (SSSR count). The number of nitro groups is 1. The SMILES string of the molecule is O=Cc1cccc(OCc2cc([N+](=O)[O-])cc3c2OCOC3)c1. The van der Waals surface area contributed by atoms with E-state index in [1.54, 1.807) is 24.3 Å². The molecule has 0 aromatic heterocycles. The Bertz CT molecular complexity index is 758. The molecule has 0 aliphatic carbocycles. The smallest absolute Gasteiger partial charge is 0.270 e. The van der Waals surface area contributed by atoms with Crippen LogP contribution >= 0.6 is 0 Å². The van der Waals surface area contributed by atoms with Crippen LogP contribution in [0.25, 0.3) is 0 Å². The van der Waals surface area contributed by atoms with Gasteiger partial charge >= 0.3 is 0 Å². The van der Waals surface area contributed by atoms with Crippen LogP contribution in [0.2, 0.25) is 0 Å². The lowest BCUT2D eigenvalue weighted by molar-refractivity contribution is -0.385. The maximum absolute atomic E-state index is 11.0. The number of non-ortho nitro benzene ring substituents is 1. The van der Waals surface area contributed by atoms with Gasteiger partial charge in [0.15, 0.2) is 6.79 Å². The van der Waals surface area contributed by atoms with Crippen LogP contribution < -0.4 is 9.47 Å². The molecule has 0 radical (unpaired) electrons. The summed E-state index contributed by atoms with van der Waals surface area (Å²) in [5.41, 5.74) is 1.63. The molecule has 0 atom stereocenters. The second-order valence-corrected chi connectivity index (χ2v) is 4.94. The van der Waals surface area contributed by atoms with Crippen molar-refractivity contribution in [1.82, 2.24) is 0 Å². The van der Waals surface area contributed by atoms with Gasteiger partial charge in [-0.3, -0.25) is 14.9 Å². The topological polar surface area (TPSA) is 87.9 Å². The van der Waals surface area contributed by atoms with Crippen molar-refractivity contribution >= 4 is 12.0 Å². The molecule has 2 aromatic rings. The highest BCUT2D eigenvalue weighted by Gasteiger charge is 2.21. The zero-order chi connectivity index (χ0) is 16.2. The Morgan fingerprint density at radius 2 is 2.17 bits per heavy atom. The lowest BCUT2D eigenvalue weighted by Gasteiger charge is -2.20. The molecular formula is C16H13NO6. The van der Waals surface area contributed by atoms with Gasteiger partial charge in [-0.25, -0.2) is 0 Å². The molecule has 7 nitrogen and oxygen atoms in total. The zero-order valence-corrected chi connectivity index (χ0v) is 12.1. The van der Waals surface area contributed by atoms with Crippen LogP contribution in [0, 0.1) is 10.1 Å². The van der Waals surface area contributed by atoms with E-state index in [1.165, 1.54) is 12.1 Å². The van der Waals surface area contributed by atoms with Crippen molar-refractivity contribution in [2.45, 2.75) is 13.2 Å². The van der Waals surface area contributed by atoms with E-state index in [0.29, 0.717) is 28.2 Å². The fraction of sp³-hybridized carbons (Fsp3) is 0.188. The van der Waals surface area contributed by atoms with Gasteiger partial charge in [0.2, 0.25) is 0 Å². The third-order valence-electron chi connectivity index (χ3n) is 3.37. The Balaban J connectivity index is 1.87. The summed E-state index contributed by atoms with van der Waals surface area (Å²) in [6, 6.07) is 9.53. The van der Waals surface area contributed by atoms with Gasteiger partial charge in [0.1, 0.15) is 24.4 Å². The first-order chi connectivity index (χ1) is 11.2. The molecule has 0 amide bonds. The van der Waals surface area contributed by atoms with Crippen LogP contribution in [-0.2, 0) is 18.0 Å². The minimum Gasteiger partial charge on any atom is -0.489 e. The highest BCUT2D eigenvalue weighted by Crippen LogP contribution is 2.33. The van der Waals surface area contributed by atoms with E-state index in [-0.39, 0.29) is 25.7 Å². The summed E-state index contributed by atoms with van der Waals surface area (Å²) < 4.78 is 16.2. The Kier molecular flexibility index (Phi) is 4.20. The number of nitrogens with zero attached hydrogens (tertiary/aromatic N) is 1. The number of hydrogen-bond acceptors (Lipinski definition) is 6. The Morgan fingerprint density at radius 3 is 2.96 bits per heavy atom. The zero-order valence-electron chi connectivity index (χ0n) is 12.1. The normalized spacial score (nSPS) is 12.9. The third-order valence-corrected chi connectivity index (χ3v) is 3.37. The highest BCUT2D eigenvalue weighted by atomic mass is 16.7. The average molecular weight is 315 g/mol. The fourth-order valence-electron chi connectivity index (χ4n) is 2.33. The van der Waals surface area contributed by atoms with Gasteiger partial charge < -0.3 is 14.2 Å². The molecule has 7 heteroatoms. The molecule has 0 saturated carbocycles. The first-order valence-electron chi connectivity index (χ1n) is 6.86. The van der Waals surface area contributed by atoms with Crippen molar-refractivity contribution in [2.75, 3.05) is 6.79 Å². The van der Waals surface area contributed by atoms with Crippen molar-refractivity contribution in [2.24, 2.45) is 0 Å². The van der Waals surface area contributed by atoms with E-state index in [0.717, 1.165) is 6.29 Å². The predicted molar refractivity (Wildman–Crippen MR) is 79.5 cm³/mol. The quantitative estimate of drug-likeness (QED) is 0.479. The number of hydrogen-bond donors (Lipinski definition) is 0. The van der Waals surface area contributed by atoms with Crippen LogP contribution in [0.4, 0.5) is 5.69 Å². The van der Waals surface area contributed by atoms with Crippen molar-refractivity contribution in [3.63, 3.8) is 0 Å². The number of carbonyl (C=O) groups is 1. The predicted octanol–water partition coefficient (Wildman–Crippen LogP) is 2.85. The monoisotopic (exact) mass is 315 g/mol. The van der Waals surface area contributed by atoms with Crippen molar-refractivity contribution < 1.29 is 23.9 Å².